The minimum Gasteiger partial charge on any atom is -0.481 e. The number of methoxy groups -OCH3 is 1. The highest BCUT2D eigenvalue weighted by Crippen LogP contribution is 2.62. The molecule has 36 heavy (non-hydrogen) atoms. The van der Waals surface area contributed by atoms with Crippen molar-refractivity contribution in [3.63, 3.8) is 0 Å². The number of hydrogen-bond acceptors (Lipinski definition) is 6. The van der Waals surface area contributed by atoms with Crippen LogP contribution in [0.1, 0.15) is 39.7 Å². The predicted octanol–water partition coefficient (Wildman–Crippen LogP) is 5.83. The molecule has 0 unspecified atom stereocenters. The van der Waals surface area contributed by atoms with Crippen LogP contribution in [0.15, 0.2) is 30.5 Å². The molecule has 12 heteroatoms. The number of H-pyrrole nitrogens is 1. The Balaban J connectivity index is 1.38. The van der Waals surface area contributed by atoms with Gasteiger partial charge in [-0.05, 0) is 43.9 Å². The number of pyridine rings is 1. The SMILES string of the molecule is COc1ccc(-c2sc(C)nc2C(=O)N2CC[C@@H]3C[C@@]32c2nc3cc(Cl)c(C(F)(F)F)cc3[nH]2)cn1. The summed E-state index contributed by atoms with van der Waals surface area (Å²) in [6.45, 7) is 2.34. The molecule has 7 nitrogen and oxygen atoms in total. The van der Waals surface area contributed by atoms with Crippen molar-refractivity contribution in [2.24, 2.45) is 5.92 Å². The van der Waals surface area contributed by atoms with Crippen LogP contribution in [0.3, 0.4) is 0 Å². The number of nitrogens with zero attached hydrogens (tertiary/aromatic N) is 4. The van der Waals surface area contributed by atoms with Gasteiger partial charge >= 0.3 is 6.18 Å². The molecule has 1 aromatic carbocycles. The van der Waals surface area contributed by atoms with E-state index in [0.717, 1.165) is 23.1 Å². The largest absolute Gasteiger partial charge is 0.481 e. The molecule has 2 atom stereocenters. The van der Waals surface area contributed by atoms with Crippen molar-refractivity contribution in [2.45, 2.75) is 31.5 Å². The van der Waals surface area contributed by atoms with Crippen LogP contribution in [-0.4, -0.2) is 44.4 Å². The van der Waals surface area contributed by atoms with Gasteiger partial charge < -0.3 is 14.6 Å². The number of alkyl halides is 3. The maximum Gasteiger partial charge on any atom is 0.417 e. The second kappa shape index (κ2) is 7.91. The first-order valence-corrected chi connectivity index (χ1v) is 12.4. The van der Waals surface area contributed by atoms with E-state index in [1.807, 2.05) is 13.0 Å². The van der Waals surface area contributed by atoms with Gasteiger partial charge in [0.25, 0.3) is 5.91 Å². The fourth-order valence-electron chi connectivity index (χ4n) is 5.16. The molecular weight excluding hydrogens is 515 g/mol. The molecule has 1 saturated carbocycles. The lowest BCUT2D eigenvalue weighted by Gasteiger charge is -2.26. The van der Waals surface area contributed by atoms with Crippen LogP contribution in [0.2, 0.25) is 5.02 Å². The van der Waals surface area contributed by atoms with E-state index in [0.29, 0.717) is 40.8 Å². The van der Waals surface area contributed by atoms with Gasteiger partial charge in [-0.1, -0.05) is 11.6 Å². The number of rotatable bonds is 4. The molecular formula is C24H19ClF3N5O2S. The lowest BCUT2D eigenvalue weighted by atomic mass is 10.1. The van der Waals surface area contributed by atoms with Gasteiger partial charge in [-0.25, -0.2) is 15.0 Å². The monoisotopic (exact) mass is 533 g/mol. The number of fused-ring (bicyclic) bond motifs is 2. The van der Waals surface area contributed by atoms with E-state index >= 15 is 0 Å². The average molecular weight is 534 g/mol. The van der Waals surface area contributed by atoms with Crippen molar-refractivity contribution in [3.05, 3.63) is 57.6 Å². The fourth-order valence-corrected chi connectivity index (χ4v) is 6.32. The first kappa shape index (κ1) is 23.2. The van der Waals surface area contributed by atoms with Crippen LogP contribution in [0.5, 0.6) is 5.88 Å². The number of likely N-dealkylation sites (tertiary alicyclic amines) is 1. The predicted molar refractivity (Wildman–Crippen MR) is 128 cm³/mol. The molecule has 2 fully saturated rings. The second-order valence-electron chi connectivity index (χ2n) is 9.00. The van der Waals surface area contributed by atoms with Crippen LogP contribution in [0.4, 0.5) is 13.2 Å². The number of nitrogens with one attached hydrogen (secondary N) is 1. The number of aryl methyl sites for hydroxylation is 1. The maximum absolute atomic E-state index is 13.9. The Kier molecular flexibility index (Phi) is 5.10. The van der Waals surface area contributed by atoms with Crippen molar-refractivity contribution in [1.29, 1.82) is 0 Å². The van der Waals surface area contributed by atoms with Gasteiger partial charge in [-0.15, -0.1) is 11.3 Å². The van der Waals surface area contributed by atoms with Crippen LogP contribution in [0, 0.1) is 12.8 Å². The molecule has 0 spiro atoms. The topological polar surface area (TPSA) is 84.0 Å². The maximum atomic E-state index is 13.9. The van der Waals surface area contributed by atoms with Crippen LogP contribution < -0.4 is 4.74 Å². The summed E-state index contributed by atoms with van der Waals surface area (Å²) in [7, 11) is 1.53. The number of imidazole rings is 1. The van der Waals surface area contributed by atoms with Crippen LogP contribution >= 0.6 is 22.9 Å². The molecule has 1 saturated heterocycles. The average Bonchev–Trinajstić information content (AvgIpc) is 3.14. The van der Waals surface area contributed by atoms with Gasteiger partial charge in [0.15, 0.2) is 0 Å². The molecule has 6 rings (SSSR count). The van der Waals surface area contributed by atoms with Crippen LogP contribution in [0.25, 0.3) is 21.5 Å². The lowest BCUT2D eigenvalue weighted by molar-refractivity contribution is -0.137. The van der Waals surface area contributed by atoms with Gasteiger partial charge in [-0.3, -0.25) is 4.79 Å². The highest BCUT2D eigenvalue weighted by atomic mass is 35.5. The first-order valence-electron chi connectivity index (χ1n) is 11.2. The van der Waals surface area contributed by atoms with Gasteiger partial charge in [0.2, 0.25) is 5.88 Å². The molecule has 2 aliphatic rings. The van der Waals surface area contributed by atoms with E-state index in [4.69, 9.17) is 16.3 Å². The molecule has 1 aliphatic heterocycles. The Labute approximate surface area is 212 Å². The van der Waals surface area contributed by atoms with Gasteiger partial charge in [-0.2, -0.15) is 13.2 Å². The molecule has 3 aromatic heterocycles. The standard InChI is InChI=1S/C24H19ClF3N5O2S/c1-11-30-19(20(36-11)12-3-4-18(35-2)29-10-12)21(34)33-6-5-13-9-23(13,33)22-31-16-7-14(24(26,27)28)15(25)8-17(16)32-22/h3-4,7-8,10,13H,5-6,9H2,1-2H3,(H,31,32)/t13-,23+/m1/s1. The molecule has 1 amide bonds. The zero-order valence-corrected chi connectivity index (χ0v) is 20.7. The molecule has 1 N–H and O–H groups in total. The molecule has 4 heterocycles. The van der Waals surface area contributed by atoms with Gasteiger partial charge in [0.05, 0.1) is 38.6 Å². The quantitative estimate of drug-likeness (QED) is 0.357. The van der Waals surface area contributed by atoms with Crippen molar-refractivity contribution < 1.29 is 22.7 Å². The number of thiazole rings is 1. The van der Waals surface area contributed by atoms with Crippen molar-refractivity contribution in [3.8, 4) is 16.3 Å². The summed E-state index contributed by atoms with van der Waals surface area (Å²) in [5.74, 6) is 0.874. The highest BCUT2D eigenvalue weighted by molar-refractivity contribution is 7.15. The first-order chi connectivity index (χ1) is 17.1. The zero-order valence-electron chi connectivity index (χ0n) is 19.1. The summed E-state index contributed by atoms with van der Waals surface area (Å²) < 4.78 is 45.2. The second-order valence-corrected chi connectivity index (χ2v) is 10.6. The number of carbonyl (C=O) groups is 1. The number of aromatic nitrogens is 4. The van der Waals surface area contributed by atoms with Crippen molar-refractivity contribution in [1.82, 2.24) is 24.8 Å². The number of hydrogen-bond donors (Lipinski definition) is 1. The van der Waals surface area contributed by atoms with Gasteiger partial charge in [0, 0.05) is 24.4 Å². The molecule has 4 aromatic rings. The number of ether oxygens (including phenoxy) is 1. The zero-order chi connectivity index (χ0) is 25.4. The lowest BCUT2D eigenvalue weighted by Crippen LogP contribution is -2.39. The number of halogens is 4. The molecule has 186 valence electrons. The van der Waals surface area contributed by atoms with E-state index in [1.54, 1.807) is 17.2 Å². The number of piperidine rings is 1. The molecule has 0 bridgehead atoms. The third kappa shape index (κ3) is 3.47. The number of aromatic amines is 1. The summed E-state index contributed by atoms with van der Waals surface area (Å²) >= 11 is 7.30. The molecule has 0 radical (unpaired) electrons. The smallest absolute Gasteiger partial charge is 0.417 e. The number of benzene rings is 1. The minimum atomic E-state index is -4.58. The summed E-state index contributed by atoms with van der Waals surface area (Å²) in [5, 5.41) is 0.329. The molecule has 1 aliphatic carbocycles. The summed E-state index contributed by atoms with van der Waals surface area (Å²) in [6.07, 6.45) is -1.48. The minimum absolute atomic E-state index is 0.172. The van der Waals surface area contributed by atoms with E-state index < -0.39 is 22.3 Å². The number of amides is 1. The highest BCUT2D eigenvalue weighted by Gasteiger charge is 2.66. The Morgan fingerprint density at radius 3 is 2.78 bits per heavy atom. The van der Waals surface area contributed by atoms with Gasteiger partial charge in [0.1, 0.15) is 17.1 Å². The normalized spacial score (nSPS) is 21.2. The van der Waals surface area contributed by atoms with E-state index in [1.165, 1.54) is 24.5 Å². The Hall–Kier alpha value is -3.18. The van der Waals surface area contributed by atoms with Crippen molar-refractivity contribution in [2.75, 3.05) is 13.7 Å². The van der Waals surface area contributed by atoms with E-state index in [2.05, 4.69) is 19.9 Å². The van der Waals surface area contributed by atoms with Crippen molar-refractivity contribution >= 4 is 39.9 Å². The Bertz CT molecular complexity index is 1520. The van der Waals surface area contributed by atoms with E-state index in [-0.39, 0.29) is 17.3 Å². The third-order valence-corrected chi connectivity index (χ3v) is 8.26. The summed E-state index contributed by atoms with van der Waals surface area (Å²) in [6, 6.07) is 5.74. The fraction of sp³-hybridized carbons (Fsp3) is 0.333. The number of carbonyl (C=O) groups excluding carboxylic acids is 1. The third-order valence-electron chi connectivity index (χ3n) is 6.93. The van der Waals surface area contributed by atoms with E-state index in [9.17, 15) is 18.0 Å². The Morgan fingerprint density at radius 2 is 2.11 bits per heavy atom. The Morgan fingerprint density at radius 1 is 1.31 bits per heavy atom. The summed E-state index contributed by atoms with van der Waals surface area (Å²) in [4.78, 5) is 32.8. The van der Waals surface area contributed by atoms with Crippen LogP contribution in [-0.2, 0) is 11.7 Å². The summed E-state index contributed by atoms with van der Waals surface area (Å²) in [5.41, 5.74) is 0.0194.